The lowest BCUT2D eigenvalue weighted by atomic mass is 10.1. The molecule has 0 aliphatic carbocycles. The number of hydrogen-bond donors (Lipinski definition) is 0. The van der Waals surface area contributed by atoms with Gasteiger partial charge in [0.1, 0.15) is 0 Å². The van der Waals surface area contributed by atoms with Gasteiger partial charge in [0.25, 0.3) is 0 Å². The molecule has 0 saturated heterocycles. The quantitative estimate of drug-likeness (QED) is 0.444. The van der Waals surface area contributed by atoms with Gasteiger partial charge in [-0.25, -0.2) is 0 Å². The van der Waals surface area contributed by atoms with Crippen LogP contribution in [0.15, 0.2) is 23.8 Å². The second-order valence-electron chi connectivity index (χ2n) is 2.74. The third-order valence-corrected chi connectivity index (χ3v) is 1.82. The Balaban J connectivity index is 2.27. The zero-order valence-corrected chi connectivity index (χ0v) is 5.50. The summed E-state index contributed by atoms with van der Waals surface area (Å²) < 4.78 is 5.48. The van der Waals surface area contributed by atoms with Crippen LogP contribution >= 0.6 is 0 Å². The standard InChI is InChI=1S/C8H10O/c1-6-4-7-2-3-8(5-6)9-7/h2-4,7-8H,5H2,1H3. The Morgan fingerprint density at radius 2 is 2.44 bits per heavy atom. The average Bonchev–Trinajstić information content (AvgIpc) is 2.11. The van der Waals surface area contributed by atoms with Crippen LogP contribution in [0.1, 0.15) is 13.3 Å². The molecule has 2 heterocycles. The third kappa shape index (κ3) is 0.815. The van der Waals surface area contributed by atoms with Crippen molar-refractivity contribution in [2.75, 3.05) is 0 Å². The lowest BCUT2D eigenvalue weighted by Gasteiger charge is -2.17. The molecule has 2 rings (SSSR count). The van der Waals surface area contributed by atoms with E-state index in [1.807, 2.05) is 0 Å². The van der Waals surface area contributed by atoms with Crippen molar-refractivity contribution in [3.63, 3.8) is 0 Å². The van der Waals surface area contributed by atoms with E-state index in [1.54, 1.807) is 0 Å². The van der Waals surface area contributed by atoms with Gasteiger partial charge in [-0.05, 0) is 13.3 Å². The van der Waals surface area contributed by atoms with Crippen molar-refractivity contribution in [1.82, 2.24) is 0 Å². The highest BCUT2D eigenvalue weighted by Gasteiger charge is 2.21. The summed E-state index contributed by atoms with van der Waals surface area (Å²) >= 11 is 0. The van der Waals surface area contributed by atoms with E-state index in [9.17, 15) is 0 Å². The van der Waals surface area contributed by atoms with Crippen LogP contribution in [0.4, 0.5) is 0 Å². The van der Waals surface area contributed by atoms with Crippen LogP contribution < -0.4 is 0 Å². The van der Waals surface area contributed by atoms with Crippen LogP contribution in [0.5, 0.6) is 0 Å². The van der Waals surface area contributed by atoms with Crippen LogP contribution in [-0.4, -0.2) is 12.2 Å². The largest absolute Gasteiger partial charge is 0.362 e. The van der Waals surface area contributed by atoms with Crippen molar-refractivity contribution in [3.05, 3.63) is 23.8 Å². The van der Waals surface area contributed by atoms with Gasteiger partial charge in [0, 0.05) is 0 Å². The van der Waals surface area contributed by atoms with E-state index in [2.05, 4.69) is 25.2 Å². The van der Waals surface area contributed by atoms with Crippen LogP contribution in [-0.2, 0) is 4.74 Å². The monoisotopic (exact) mass is 122 g/mol. The Bertz CT molecular complexity index is 179. The van der Waals surface area contributed by atoms with Gasteiger partial charge >= 0.3 is 0 Å². The molecule has 0 aromatic heterocycles. The van der Waals surface area contributed by atoms with E-state index in [0.717, 1.165) is 6.42 Å². The second kappa shape index (κ2) is 1.71. The maximum Gasteiger partial charge on any atom is 0.0949 e. The van der Waals surface area contributed by atoms with Gasteiger partial charge in [-0.1, -0.05) is 23.8 Å². The first-order valence-corrected chi connectivity index (χ1v) is 3.36. The zero-order chi connectivity index (χ0) is 6.27. The number of rotatable bonds is 0. The van der Waals surface area contributed by atoms with Crippen molar-refractivity contribution in [1.29, 1.82) is 0 Å². The van der Waals surface area contributed by atoms with Gasteiger partial charge < -0.3 is 4.74 Å². The molecule has 9 heavy (non-hydrogen) atoms. The summed E-state index contributed by atoms with van der Waals surface area (Å²) in [4.78, 5) is 0. The Hall–Kier alpha value is -0.560. The predicted molar refractivity (Wildman–Crippen MR) is 36.2 cm³/mol. The minimum atomic E-state index is 0.295. The summed E-state index contributed by atoms with van der Waals surface area (Å²) in [6.45, 7) is 2.16. The zero-order valence-electron chi connectivity index (χ0n) is 5.50. The molecule has 2 aliphatic rings. The van der Waals surface area contributed by atoms with Crippen molar-refractivity contribution in [3.8, 4) is 0 Å². The topological polar surface area (TPSA) is 9.23 Å². The smallest absolute Gasteiger partial charge is 0.0949 e. The fourth-order valence-corrected chi connectivity index (χ4v) is 1.40. The molecule has 1 heteroatoms. The van der Waals surface area contributed by atoms with Gasteiger partial charge in [0.15, 0.2) is 0 Å². The Morgan fingerprint density at radius 1 is 1.56 bits per heavy atom. The van der Waals surface area contributed by atoms with Crippen LogP contribution in [0.2, 0.25) is 0 Å². The summed E-state index contributed by atoms with van der Waals surface area (Å²) in [5.74, 6) is 0. The molecule has 0 aromatic carbocycles. The van der Waals surface area contributed by atoms with Gasteiger partial charge in [0.2, 0.25) is 0 Å². The summed E-state index contributed by atoms with van der Waals surface area (Å²) in [5.41, 5.74) is 1.46. The van der Waals surface area contributed by atoms with E-state index < -0.39 is 0 Å². The van der Waals surface area contributed by atoms with E-state index in [-0.39, 0.29) is 0 Å². The Labute approximate surface area is 55.0 Å². The molecule has 0 amide bonds. The molecule has 0 aromatic rings. The summed E-state index contributed by atoms with van der Waals surface area (Å²) in [6.07, 6.45) is 8.23. The molecule has 2 atom stereocenters. The van der Waals surface area contributed by atoms with Crippen LogP contribution in [0.3, 0.4) is 0 Å². The molecule has 48 valence electrons. The SMILES string of the molecule is CC1=CC2C=CC(C1)O2. The average molecular weight is 122 g/mol. The van der Waals surface area contributed by atoms with E-state index in [0.29, 0.717) is 12.2 Å². The number of ether oxygens (including phenoxy) is 1. The molecular weight excluding hydrogens is 112 g/mol. The number of hydrogen-bond acceptors (Lipinski definition) is 1. The second-order valence-corrected chi connectivity index (χ2v) is 2.74. The molecule has 1 nitrogen and oxygen atoms in total. The van der Waals surface area contributed by atoms with Crippen molar-refractivity contribution >= 4 is 0 Å². The van der Waals surface area contributed by atoms with Crippen LogP contribution in [0, 0.1) is 0 Å². The first kappa shape index (κ1) is 5.24. The van der Waals surface area contributed by atoms with E-state index >= 15 is 0 Å². The molecular formula is C8H10O. The summed E-state index contributed by atoms with van der Waals surface area (Å²) in [6, 6.07) is 0. The molecule has 2 bridgehead atoms. The lowest BCUT2D eigenvalue weighted by Crippen LogP contribution is -2.15. The van der Waals surface area contributed by atoms with Crippen molar-refractivity contribution in [2.24, 2.45) is 0 Å². The van der Waals surface area contributed by atoms with E-state index in [4.69, 9.17) is 4.74 Å². The van der Waals surface area contributed by atoms with Crippen molar-refractivity contribution in [2.45, 2.75) is 25.6 Å². The molecule has 2 aliphatic heterocycles. The maximum atomic E-state index is 5.48. The third-order valence-electron chi connectivity index (χ3n) is 1.82. The Morgan fingerprint density at radius 3 is 3.22 bits per heavy atom. The summed E-state index contributed by atoms with van der Waals surface area (Å²) in [7, 11) is 0. The first-order valence-electron chi connectivity index (χ1n) is 3.36. The molecule has 2 unspecified atom stereocenters. The highest BCUT2D eigenvalue weighted by molar-refractivity contribution is 5.21. The Kier molecular flexibility index (Phi) is 0.995. The normalized spacial score (nSPS) is 39.0. The minimum Gasteiger partial charge on any atom is -0.362 e. The van der Waals surface area contributed by atoms with Gasteiger partial charge in [-0.2, -0.15) is 0 Å². The van der Waals surface area contributed by atoms with Crippen LogP contribution in [0.25, 0.3) is 0 Å². The maximum absolute atomic E-state index is 5.48. The van der Waals surface area contributed by atoms with Gasteiger partial charge in [-0.15, -0.1) is 0 Å². The van der Waals surface area contributed by atoms with Gasteiger partial charge in [-0.3, -0.25) is 0 Å². The van der Waals surface area contributed by atoms with Crippen molar-refractivity contribution < 1.29 is 4.74 Å². The first-order chi connectivity index (χ1) is 4.34. The fourth-order valence-electron chi connectivity index (χ4n) is 1.40. The molecule has 0 saturated carbocycles. The molecule has 0 N–H and O–H groups in total. The van der Waals surface area contributed by atoms with E-state index in [1.165, 1.54) is 5.57 Å². The predicted octanol–water partition coefficient (Wildman–Crippen LogP) is 1.66. The lowest BCUT2D eigenvalue weighted by molar-refractivity contribution is 0.0765. The minimum absolute atomic E-state index is 0.295. The fraction of sp³-hybridized carbons (Fsp3) is 0.500. The highest BCUT2D eigenvalue weighted by atomic mass is 16.5. The number of fused-ring (bicyclic) bond motifs is 2. The van der Waals surface area contributed by atoms with Gasteiger partial charge in [0.05, 0.1) is 12.2 Å². The molecule has 0 spiro atoms. The summed E-state index contributed by atoms with van der Waals surface area (Å²) in [5, 5.41) is 0. The molecule has 0 radical (unpaired) electrons. The molecule has 0 fully saturated rings. The highest BCUT2D eigenvalue weighted by Crippen LogP contribution is 2.25.